The lowest BCUT2D eigenvalue weighted by Crippen LogP contribution is -2.28. The molecule has 72 valence electrons. The fourth-order valence-electron chi connectivity index (χ4n) is 1.06. The van der Waals surface area contributed by atoms with E-state index >= 15 is 0 Å². The van der Waals surface area contributed by atoms with E-state index in [4.69, 9.17) is 0 Å². The van der Waals surface area contributed by atoms with Gasteiger partial charge in [0.1, 0.15) is 0 Å². The van der Waals surface area contributed by atoms with Gasteiger partial charge in [0.25, 0.3) is 5.56 Å². The summed E-state index contributed by atoms with van der Waals surface area (Å²) in [5, 5.41) is 0. The van der Waals surface area contributed by atoms with Crippen LogP contribution in [0.1, 0.15) is 4.88 Å². The molecule has 0 amide bonds. The minimum Gasteiger partial charge on any atom is -0.295 e. The van der Waals surface area contributed by atoms with E-state index in [1.165, 1.54) is 28.2 Å². The average Bonchev–Trinajstić information content (AvgIpc) is 2.62. The maximum atomic E-state index is 11.3. The molecule has 14 heavy (non-hydrogen) atoms. The summed E-state index contributed by atoms with van der Waals surface area (Å²) in [6, 6.07) is 1.32. The fraction of sp³-hybridized carbons (Fsp3) is 0.125. The van der Waals surface area contributed by atoms with Gasteiger partial charge in [-0.1, -0.05) is 0 Å². The van der Waals surface area contributed by atoms with Crippen molar-refractivity contribution in [2.45, 2.75) is 6.54 Å². The monoisotopic (exact) mass is 209 g/mol. The maximum absolute atomic E-state index is 11.3. The van der Waals surface area contributed by atoms with Crippen molar-refractivity contribution < 1.29 is 0 Å². The topological polar surface area (TPSA) is 67.8 Å². The number of rotatable bonds is 2. The van der Waals surface area contributed by atoms with Crippen LogP contribution in [0.15, 0.2) is 33.6 Å². The van der Waals surface area contributed by atoms with E-state index in [2.05, 4.69) is 9.97 Å². The van der Waals surface area contributed by atoms with Crippen molar-refractivity contribution in [1.29, 1.82) is 0 Å². The van der Waals surface area contributed by atoms with Gasteiger partial charge >= 0.3 is 5.69 Å². The molecule has 0 saturated heterocycles. The van der Waals surface area contributed by atoms with E-state index in [0.29, 0.717) is 6.54 Å². The number of nitrogens with zero attached hydrogens (tertiary/aromatic N) is 2. The first-order valence-corrected chi connectivity index (χ1v) is 4.81. The smallest absolute Gasteiger partial charge is 0.295 e. The Balaban J connectivity index is 2.35. The third kappa shape index (κ3) is 1.80. The van der Waals surface area contributed by atoms with Crippen LogP contribution >= 0.6 is 11.3 Å². The van der Waals surface area contributed by atoms with Gasteiger partial charge in [-0.3, -0.25) is 19.3 Å². The highest BCUT2D eigenvalue weighted by molar-refractivity contribution is 7.09. The number of hydrogen-bond donors (Lipinski definition) is 1. The third-order valence-corrected chi connectivity index (χ3v) is 2.47. The SMILES string of the molecule is O=c1ccn(Cc2cncs2)c(=O)[nH]1. The van der Waals surface area contributed by atoms with Crippen LogP contribution in [0, 0.1) is 0 Å². The van der Waals surface area contributed by atoms with E-state index in [0.717, 1.165) is 4.88 Å². The summed E-state index contributed by atoms with van der Waals surface area (Å²) in [6.07, 6.45) is 3.17. The van der Waals surface area contributed by atoms with Crippen molar-refractivity contribution in [2.24, 2.45) is 0 Å². The fourth-order valence-corrected chi connectivity index (χ4v) is 1.65. The third-order valence-electron chi connectivity index (χ3n) is 1.71. The zero-order valence-corrected chi connectivity index (χ0v) is 7.95. The van der Waals surface area contributed by atoms with Crippen LogP contribution < -0.4 is 11.2 Å². The molecule has 2 aromatic heterocycles. The molecule has 0 aliphatic rings. The molecular formula is C8H7N3O2S. The first kappa shape index (κ1) is 8.89. The van der Waals surface area contributed by atoms with Gasteiger partial charge in [0, 0.05) is 23.3 Å². The molecule has 0 saturated carbocycles. The summed E-state index contributed by atoms with van der Waals surface area (Å²) in [5.41, 5.74) is 0.924. The number of H-pyrrole nitrogens is 1. The lowest BCUT2D eigenvalue weighted by atomic mass is 10.5. The van der Waals surface area contributed by atoms with E-state index in [1.807, 2.05) is 0 Å². The van der Waals surface area contributed by atoms with Crippen LogP contribution in [-0.2, 0) is 6.54 Å². The molecule has 0 atom stereocenters. The Morgan fingerprint density at radius 1 is 1.50 bits per heavy atom. The summed E-state index contributed by atoms with van der Waals surface area (Å²) in [4.78, 5) is 29.1. The number of aromatic nitrogens is 3. The number of aromatic amines is 1. The highest BCUT2D eigenvalue weighted by atomic mass is 32.1. The molecule has 1 N–H and O–H groups in total. The molecule has 0 unspecified atom stereocenters. The molecule has 0 aliphatic carbocycles. The Kier molecular flexibility index (Phi) is 2.28. The van der Waals surface area contributed by atoms with Crippen LogP contribution in [0.3, 0.4) is 0 Å². The van der Waals surface area contributed by atoms with Gasteiger partial charge in [0.2, 0.25) is 0 Å². The molecule has 0 aliphatic heterocycles. The van der Waals surface area contributed by atoms with Gasteiger partial charge in [-0.15, -0.1) is 11.3 Å². The number of nitrogens with one attached hydrogen (secondary N) is 1. The number of hydrogen-bond acceptors (Lipinski definition) is 4. The molecule has 0 aromatic carbocycles. The first-order valence-electron chi connectivity index (χ1n) is 3.93. The van der Waals surface area contributed by atoms with Gasteiger partial charge in [-0.2, -0.15) is 0 Å². The van der Waals surface area contributed by atoms with Crippen LogP contribution in [0.4, 0.5) is 0 Å². The van der Waals surface area contributed by atoms with Crippen molar-refractivity contribution in [3.63, 3.8) is 0 Å². The zero-order chi connectivity index (χ0) is 9.97. The Bertz CT molecular complexity index is 526. The van der Waals surface area contributed by atoms with Crippen LogP contribution in [0.25, 0.3) is 0 Å². The van der Waals surface area contributed by atoms with E-state index in [1.54, 1.807) is 11.7 Å². The van der Waals surface area contributed by atoms with Crippen LogP contribution in [0.2, 0.25) is 0 Å². The van der Waals surface area contributed by atoms with Crippen molar-refractivity contribution in [3.8, 4) is 0 Å². The lowest BCUT2D eigenvalue weighted by molar-refractivity contribution is 0.727. The molecule has 0 spiro atoms. The van der Waals surface area contributed by atoms with Crippen molar-refractivity contribution in [1.82, 2.24) is 14.5 Å². The summed E-state index contributed by atoms with van der Waals surface area (Å²) >= 11 is 1.47. The normalized spacial score (nSPS) is 10.3. The Labute approximate surface area is 82.7 Å². The summed E-state index contributed by atoms with van der Waals surface area (Å²) in [5.74, 6) is 0. The minimum absolute atomic E-state index is 0.379. The Hall–Kier alpha value is -1.69. The molecule has 0 fully saturated rings. The summed E-state index contributed by atoms with van der Waals surface area (Å²) in [6.45, 7) is 0.445. The van der Waals surface area contributed by atoms with Crippen molar-refractivity contribution >= 4 is 11.3 Å². The van der Waals surface area contributed by atoms with Crippen LogP contribution in [0.5, 0.6) is 0 Å². The molecule has 2 aromatic rings. The first-order chi connectivity index (χ1) is 6.75. The maximum Gasteiger partial charge on any atom is 0.328 e. The lowest BCUT2D eigenvalue weighted by Gasteiger charge is -2.00. The van der Waals surface area contributed by atoms with Crippen molar-refractivity contribution in [3.05, 3.63) is 49.7 Å². The predicted molar refractivity (Wildman–Crippen MR) is 52.5 cm³/mol. The summed E-state index contributed by atoms with van der Waals surface area (Å²) in [7, 11) is 0. The molecular weight excluding hydrogens is 202 g/mol. The zero-order valence-electron chi connectivity index (χ0n) is 7.14. The highest BCUT2D eigenvalue weighted by Gasteiger charge is 1.98. The van der Waals surface area contributed by atoms with E-state index in [9.17, 15) is 9.59 Å². The molecule has 2 rings (SSSR count). The van der Waals surface area contributed by atoms with Gasteiger partial charge in [0.15, 0.2) is 0 Å². The van der Waals surface area contributed by atoms with E-state index < -0.39 is 5.69 Å². The van der Waals surface area contributed by atoms with Crippen LogP contribution in [-0.4, -0.2) is 14.5 Å². The molecule has 0 bridgehead atoms. The van der Waals surface area contributed by atoms with Gasteiger partial charge in [0.05, 0.1) is 12.1 Å². The average molecular weight is 209 g/mol. The second kappa shape index (κ2) is 3.59. The number of thiazole rings is 1. The second-order valence-electron chi connectivity index (χ2n) is 2.71. The summed E-state index contributed by atoms with van der Waals surface area (Å²) < 4.78 is 1.43. The Morgan fingerprint density at radius 3 is 3.00 bits per heavy atom. The molecule has 0 radical (unpaired) electrons. The Morgan fingerprint density at radius 2 is 2.36 bits per heavy atom. The standard InChI is InChI=1S/C8H7N3O2S/c12-7-1-2-11(8(13)10-7)4-6-3-9-5-14-6/h1-3,5H,4H2,(H,10,12,13). The van der Waals surface area contributed by atoms with Gasteiger partial charge in [-0.05, 0) is 0 Å². The van der Waals surface area contributed by atoms with Crippen molar-refractivity contribution in [2.75, 3.05) is 0 Å². The highest BCUT2D eigenvalue weighted by Crippen LogP contribution is 2.05. The van der Waals surface area contributed by atoms with Gasteiger partial charge < -0.3 is 0 Å². The van der Waals surface area contributed by atoms with E-state index in [-0.39, 0.29) is 5.56 Å². The molecule has 5 nitrogen and oxygen atoms in total. The van der Waals surface area contributed by atoms with Gasteiger partial charge in [-0.25, -0.2) is 4.79 Å². The minimum atomic E-state index is -0.397. The second-order valence-corrected chi connectivity index (χ2v) is 3.68. The molecule has 2 heterocycles. The quantitative estimate of drug-likeness (QED) is 0.759. The largest absolute Gasteiger partial charge is 0.328 e. The molecule has 6 heteroatoms. The predicted octanol–water partition coefficient (Wildman–Crippen LogP) is 0.0414.